The maximum atomic E-state index is 13.5. The number of aromatic nitrogens is 2. The summed E-state index contributed by atoms with van der Waals surface area (Å²) in [6.07, 6.45) is 5.27. The zero-order valence-electron chi connectivity index (χ0n) is 19.1. The summed E-state index contributed by atoms with van der Waals surface area (Å²) in [6, 6.07) is 17.1. The van der Waals surface area contributed by atoms with Crippen molar-refractivity contribution in [2.75, 3.05) is 26.2 Å². The number of sulfonamides is 1. The van der Waals surface area contributed by atoms with Gasteiger partial charge in [0.1, 0.15) is 5.69 Å². The van der Waals surface area contributed by atoms with E-state index < -0.39 is 10.0 Å². The van der Waals surface area contributed by atoms with Crippen LogP contribution in [0.25, 0.3) is 5.69 Å². The molecule has 7 nitrogen and oxygen atoms in total. The number of hydrogen-bond acceptors (Lipinski definition) is 4. The summed E-state index contributed by atoms with van der Waals surface area (Å²) in [4.78, 5) is 15.6. The van der Waals surface area contributed by atoms with Crippen molar-refractivity contribution < 1.29 is 13.2 Å². The fraction of sp³-hybridized carbons (Fsp3) is 0.385. The number of rotatable bonds is 5. The summed E-state index contributed by atoms with van der Waals surface area (Å²) < 4.78 is 29.8. The highest BCUT2D eigenvalue weighted by Crippen LogP contribution is 2.40. The molecule has 176 valence electrons. The Balaban J connectivity index is 1.20. The van der Waals surface area contributed by atoms with E-state index in [1.54, 1.807) is 15.6 Å². The van der Waals surface area contributed by atoms with E-state index in [9.17, 15) is 13.2 Å². The fourth-order valence-electron chi connectivity index (χ4n) is 5.05. The number of aryl methyl sites for hydroxylation is 2. The average molecular weight is 477 g/mol. The van der Waals surface area contributed by atoms with Crippen LogP contribution in [0.15, 0.2) is 59.5 Å². The minimum absolute atomic E-state index is 0.0992. The summed E-state index contributed by atoms with van der Waals surface area (Å²) in [5, 5.41) is 4.74. The molecule has 0 radical (unpaired) electrons. The summed E-state index contributed by atoms with van der Waals surface area (Å²) in [6.45, 7) is 1.31. The number of carbonyl (C=O) groups is 1. The lowest BCUT2D eigenvalue weighted by atomic mass is 10.1. The first kappa shape index (κ1) is 21.6. The van der Waals surface area contributed by atoms with Crippen molar-refractivity contribution in [1.29, 1.82) is 0 Å². The second kappa shape index (κ2) is 8.36. The number of fused-ring (bicyclic) bond motifs is 1. The quantitative estimate of drug-likeness (QED) is 0.566. The first-order valence-corrected chi connectivity index (χ1v) is 13.5. The minimum Gasteiger partial charge on any atom is -0.335 e. The molecule has 34 heavy (non-hydrogen) atoms. The number of carbonyl (C=O) groups excluding carboxylic acids is 1. The maximum absolute atomic E-state index is 13.5. The second-order valence-corrected chi connectivity index (χ2v) is 11.4. The predicted molar refractivity (Wildman–Crippen MR) is 129 cm³/mol. The lowest BCUT2D eigenvalue weighted by molar-refractivity contribution is 0.0688. The van der Waals surface area contributed by atoms with Gasteiger partial charge in [-0.3, -0.25) is 4.79 Å². The lowest BCUT2D eigenvalue weighted by Crippen LogP contribution is -2.50. The van der Waals surface area contributed by atoms with E-state index in [0.717, 1.165) is 49.0 Å². The van der Waals surface area contributed by atoms with Gasteiger partial charge in [-0.25, -0.2) is 13.1 Å². The van der Waals surface area contributed by atoms with Gasteiger partial charge in [-0.05, 0) is 73.6 Å². The molecule has 2 aliphatic carbocycles. The molecule has 2 fully saturated rings. The van der Waals surface area contributed by atoms with Gasteiger partial charge < -0.3 is 4.90 Å². The molecule has 0 unspecified atom stereocenters. The van der Waals surface area contributed by atoms with E-state index in [2.05, 4.69) is 0 Å². The van der Waals surface area contributed by atoms with Crippen LogP contribution in [0.5, 0.6) is 0 Å². The molecule has 2 aromatic carbocycles. The smallest absolute Gasteiger partial charge is 0.272 e. The van der Waals surface area contributed by atoms with Crippen LogP contribution in [-0.4, -0.2) is 59.5 Å². The number of nitrogens with zero attached hydrogens (tertiary/aromatic N) is 4. The Bertz CT molecular complexity index is 1340. The Morgan fingerprint density at radius 2 is 1.62 bits per heavy atom. The molecule has 0 N–H and O–H groups in total. The predicted octanol–water partition coefficient (Wildman–Crippen LogP) is 3.39. The van der Waals surface area contributed by atoms with Crippen molar-refractivity contribution in [3.63, 3.8) is 0 Å². The molecule has 3 aromatic rings. The van der Waals surface area contributed by atoms with Gasteiger partial charge in [0.15, 0.2) is 0 Å². The van der Waals surface area contributed by atoms with Crippen LogP contribution >= 0.6 is 0 Å². The molecule has 0 spiro atoms. The standard InChI is InChI=1S/C26H28N4O3S/c31-26(25-18-24(20-9-10-20)27-30(25)22-7-2-1-3-8-22)28-13-15-29(16-14-28)34(32,33)23-12-11-19-5-4-6-21(19)17-23/h1-3,7-8,11-12,17-18,20H,4-6,9-10,13-16H2. The number of benzene rings is 2. The maximum Gasteiger partial charge on any atom is 0.272 e. The van der Waals surface area contributed by atoms with Crippen LogP contribution < -0.4 is 0 Å². The molecule has 1 saturated heterocycles. The monoisotopic (exact) mass is 476 g/mol. The molecule has 0 atom stereocenters. The molecule has 1 aromatic heterocycles. The normalized spacial score (nSPS) is 18.8. The highest BCUT2D eigenvalue weighted by Gasteiger charge is 2.34. The second-order valence-electron chi connectivity index (χ2n) is 9.46. The Morgan fingerprint density at radius 3 is 2.35 bits per heavy atom. The summed E-state index contributed by atoms with van der Waals surface area (Å²) in [7, 11) is -3.57. The zero-order chi connectivity index (χ0) is 23.3. The summed E-state index contributed by atoms with van der Waals surface area (Å²) in [5.74, 6) is 0.337. The van der Waals surface area contributed by atoms with Crippen molar-refractivity contribution in [2.45, 2.75) is 42.9 Å². The van der Waals surface area contributed by atoms with Gasteiger partial charge in [0.05, 0.1) is 16.3 Å². The van der Waals surface area contributed by atoms with Crippen molar-refractivity contribution in [3.05, 3.63) is 77.1 Å². The molecule has 8 heteroatoms. The Labute approximate surface area is 200 Å². The molecule has 2 heterocycles. The van der Waals surface area contributed by atoms with Crippen molar-refractivity contribution >= 4 is 15.9 Å². The number of hydrogen-bond donors (Lipinski definition) is 0. The number of para-hydroxylation sites is 1. The first-order valence-electron chi connectivity index (χ1n) is 12.1. The van der Waals surface area contributed by atoms with Crippen LogP contribution in [-0.2, 0) is 22.9 Å². The van der Waals surface area contributed by atoms with E-state index in [1.165, 1.54) is 9.87 Å². The van der Waals surface area contributed by atoms with Crippen LogP contribution in [0.2, 0.25) is 0 Å². The SMILES string of the molecule is O=C(c1cc(C2CC2)nn1-c1ccccc1)N1CCN(S(=O)(=O)c2ccc3c(c2)CCC3)CC1. The van der Waals surface area contributed by atoms with E-state index in [1.807, 2.05) is 48.5 Å². The molecular weight excluding hydrogens is 448 g/mol. The largest absolute Gasteiger partial charge is 0.335 e. The van der Waals surface area contributed by atoms with Crippen LogP contribution in [0.4, 0.5) is 0 Å². The third kappa shape index (κ3) is 3.84. The first-order chi connectivity index (χ1) is 16.5. The molecule has 1 amide bonds. The van der Waals surface area contributed by atoms with Gasteiger partial charge in [-0.2, -0.15) is 9.40 Å². The van der Waals surface area contributed by atoms with E-state index in [-0.39, 0.29) is 5.91 Å². The average Bonchev–Trinajstić information content (AvgIpc) is 3.45. The molecular formula is C26H28N4O3S. The summed E-state index contributed by atoms with van der Waals surface area (Å²) in [5.41, 5.74) is 4.77. The topological polar surface area (TPSA) is 75.5 Å². The van der Waals surface area contributed by atoms with Crippen LogP contribution in [0.3, 0.4) is 0 Å². The zero-order valence-corrected chi connectivity index (χ0v) is 19.9. The van der Waals surface area contributed by atoms with Crippen molar-refractivity contribution in [1.82, 2.24) is 19.0 Å². The Morgan fingerprint density at radius 1 is 0.882 bits per heavy atom. The molecule has 0 bridgehead atoms. The van der Waals surface area contributed by atoms with E-state index >= 15 is 0 Å². The third-order valence-corrected chi connectivity index (χ3v) is 9.07. The van der Waals surface area contributed by atoms with Gasteiger partial charge in [-0.1, -0.05) is 24.3 Å². The Kier molecular flexibility index (Phi) is 5.30. The Hall–Kier alpha value is -2.97. The van der Waals surface area contributed by atoms with Crippen LogP contribution in [0.1, 0.15) is 52.5 Å². The fourth-order valence-corrected chi connectivity index (χ4v) is 6.52. The van der Waals surface area contributed by atoms with Gasteiger partial charge in [-0.15, -0.1) is 0 Å². The van der Waals surface area contributed by atoms with Crippen molar-refractivity contribution in [2.24, 2.45) is 0 Å². The minimum atomic E-state index is -3.57. The molecule has 1 aliphatic heterocycles. The van der Waals surface area contributed by atoms with Gasteiger partial charge in [0.2, 0.25) is 10.0 Å². The number of amides is 1. The third-order valence-electron chi connectivity index (χ3n) is 7.18. The van der Waals surface area contributed by atoms with Gasteiger partial charge in [0, 0.05) is 32.1 Å². The van der Waals surface area contributed by atoms with Crippen molar-refractivity contribution in [3.8, 4) is 5.69 Å². The van der Waals surface area contributed by atoms with E-state index in [4.69, 9.17) is 5.10 Å². The molecule has 1 saturated carbocycles. The highest BCUT2D eigenvalue weighted by molar-refractivity contribution is 7.89. The highest BCUT2D eigenvalue weighted by atomic mass is 32.2. The van der Waals surface area contributed by atoms with Crippen LogP contribution in [0, 0.1) is 0 Å². The molecule has 6 rings (SSSR count). The number of piperazine rings is 1. The lowest BCUT2D eigenvalue weighted by Gasteiger charge is -2.34. The van der Waals surface area contributed by atoms with E-state index in [0.29, 0.717) is 42.7 Å². The van der Waals surface area contributed by atoms with Gasteiger partial charge >= 0.3 is 0 Å². The molecule has 3 aliphatic rings. The summed E-state index contributed by atoms with van der Waals surface area (Å²) >= 11 is 0. The van der Waals surface area contributed by atoms with Gasteiger partial charge in [0.25, 0.3) is 5.91 Å².